The van der Waals surface area contributed by atoms with E-state index in [-0.39, 0.29) is 30.6 Å². The summed E-state index contributed by atoms with van der Waals surface area (Å²) in [5.74, 6) is 0.824. The maximum atomic E-state index is 12.1. The number of nitrogens with zero attached hydrogens (tertiary/aromatic N) is 3. The first-order chi connectivity index (χ1) is 11.0. The maximum Gasteiger partial charge on any atom is 0.345 e. The average Bonchev–Trinajstić information content (AvgIpc) is 2.85. The molecule has 0 bridgehead atoms. The Bertz CT molecular complexity index is 778. The Balaban J connectivity index is 1.55. The zero-order valence-electron chi connectivity index (χ0n) is 13.3. The number of hydrogen-bond acceptors (Lipinski definition) is 4. The van der Waals surface area contributed by atoms with Gasteiger partial charge in [-0.15, -0.1) is 0 Å². The van der Waals surface area contributed by atoms with Crippen molar-refractivity contribution < 1.29 is 9.53 Å². The summed E-state index contributed by atoms with van der Waals surface area (Å²) in [7, 11) is 1.63. The number of para-hydroxylation sites is 1. The molecule has 1 N–H and O–H groups in total. The van der Waals surface area contributed by atoms with Crippen molar-refractivity contribution in [3.63, 3.8) is 0 Å². The van der Waals surface area contributed by atoms with Crippen LogP contribution in [0.1, 0.15) is 17.5 Å². The average molecular weight is 316 g/mol. The smallest absolute Gasteiger partial charge is 0.345 e. The Hall–Kier alpha value is -2.57. The van der Waals surface area contributed by atoms with Crippen LogP contribution in [0.15, 0.2) is 29.3 Å². The molecule has 3 rings (SSSR count). The van der Waals surface area contributed by atoms with Crippen molar-refractivity contribution in [2.45, 2.75) is 32.4 Å². The zero-order valence-corrected chi connectivity index (χ0v) is 13.3. The van der Waals surface area contributed by atoms with E-state index in [0.717, 1.165) is 23.3 Å². The van der Waals surface area contributed by atoms with Gasteiger partial charge in [0.2, 0.25) is 5.91 Å². The number of aromatic nitrogens is 3. The Morgan fingerprint density at radius 1 is 1.48 bits per heavy atom. The maximum absolute atomic E-state index is 12.1. The molecule has 1 aliphatic rings. The molecule has 0 saturated heterocycles. The van der Waals surface area contributed by atoms with Gasteiger partial charge in [0.1, 0.15) is 18.7 Å². The third kappa shape index (κ3) is 3.28. The molecule has 122 valence electrons. The van der Waals surface area contributed by atoms with Gasteiger partial charge in [0.05, 0.1) is 12.6 Å². The van der Waals surface area contributed by atoms with Crippen LogP contribution in [0.25, 0.3) is 0 Å². The molecule has 0 saturated carbocycles. The lowest BCUT2D eigenvalue weighted by molar-refractivity contribution is -0.122. The quantitative estimate of drug-likeness (QED) is 0.886. The largest absolute Gasteiger partial charge is 0.491 e. The Labute approximate surface area is 133 Å². The van der Waals surface area contributed by atoms with E-state index >= 15 is 0 Å². The number of benzene rings is 1. The summed E-state index contributed by atoms with van der Waals surface area (Å²) < 4.78 is 8.44. The van der Waals surface area contributed by atoms with Gasteiger partial charge in [0.25, 0.3) is 0 Å². The Kier molecular flexibility index (Phi) is 4.18. The van der Waals surface area contributed by atoms with Crippen molar-refractivity contribution in [2.75, 3.05) is 6.61 Å². The standard InChI is InChI=1S/C16H20N4O3/c1-11-4-3-5-12-8-13(9-23-15(11)12)18-14(21)6-7-20-16(22)19(2)10-17-20/h3-5,10,13H,6-9H2,1-2H3,(H,18,21). The van der Waals surface area contributed by atoms with Crippen LogP contribution in [0.2, 0.25) is 0 Å². The van der Waals surface area contributed by atoms with Crippen molar-refractivity contribution in [3.05, 3.63) is 46.1 Å². The normalized spacial score (nSPS) is 16.5. The molecule has 1 aliphatic heterocycles. The number of fused-ring (bicyclic) bond motifs is 1. The molecule has 7 heteroatoms. The van der Waals surface area contributed by atoms with Gasteiger partial charge in [-0.1, -0.05) is 18.2 Å². The summed E-state index contributed by atoms with van der Waals surface area (Å²) >= 11 is 0. The molecule has 1 aromatic heterocycles. The van der Waals surface area contributed by atoms with Crippen LogP contribution < -0.4 is 15.7 Å². The fraction of sp³-hybridized carbons (Fsp3) is 0.438. The minimum atomic E-state index is -0.219. The lowest BCUT2D eigenvalue weighted by Crippen LogP contribution is -2.43. The lowest BCUT2D eigenvalue weighted by Gasteiger charge is -2.27. The lowest BCUT2D eigenvalue weighted by atomic mass is 10.00. The molecule has 2 heterocycles. The van der Waals surface area contributed by atoms with Crippen molar-refractivity contribution in [2.24, 2.45) is 7.05 Å². The SMILES string of the molecule is Cc1cccc2c1OCC(NC(=O)CCn1ncn(C)c1=O)C2. The van der Waals surface area contributed by atoms with Crippen LogP contribution in [0.5, 0.6) is 5.75 Å². The van der Waals surface area contributed by atoms with Gasteiger partial charge >= 0.3 is 5.69 Å². The molecule has 0 spiro atoms. The monoisotopic (exact) mass is 316 g/mol. The molecular formula is C16H20N4O3. The molecule has 0 radical (unpaired) electrons. The van der Waals surface area contributed by atoms with Crippen LogP contribution in [0.3, 0.4) is 0 Å². The molecule has 1 unspecified atom stereocenters. The van der Waals surface area contributed by atoms with Gasteiger partial charge in [-0.3, -0.25) is 9.36 Å². The summed E-state index contributed by atoms with van der Waals surface area (Å²) in [4.78, 5) is 23.7. The minimum Gasteiger partial charge on any atom is -0.491 e. The van der Waals surface area contributed by atoms with E-state index in [9.17, 15) is 9.59 Å². The van der Waals surface area contributed by atoms with Crippen LogP contribution in [-0.4, -0.2) is 32.9 Å². The molecule has 1 amide bonds. The summed E-state index contributed by atoms with van der Waals surface area (Å²) in [6.07, 6.45) is 2.41. The van der Waals surface area contributed by atoms with E-state index in [4.69, 9.17) is 4.74 Å². The van der Waals surface area contributed by atoms with E-state index in [2.05, 4.69) is 10.4 Å². The minimum absolute atomic E-state index is 0.0442. The van der Waals surface area contributed by atoms with E-state index in [1.807, 2.05) is 25.1 Å². The molecule has 1 aromatic carbocycles. The van der Waals surface area contributed by atoms with E-state index in [0.29, 0.717) is 6.61 Å². The van der Waals surface area contributed by atoms with Crippen molar-refractivity contribution in [3.8, 4) is 5.75 Å². The van der Waals surface area contributed by atoms with Crippen LogP contribution in [-0.2, 0) is 24.8 Å². The molecule has 2 aromatic rings. The molecule has 7 nitrogen and oxygen atoms in total. The molecule has 23 heavy (non-hydrogen) atoms. The van der Waals surface area contributed by atoms with Crippen LogP contribution in [0.4, 0.5) is 0 Å². The number of aryl methyl sites for hydroxylation is 3. The number of carbonyl (C=O) groups is 1. The van der Waals surface area contributed by atoms with Gasteiger partial charge in [-0.2, -0.15) is 5.10 Å². The van der Waals surface area contributed by atoms with Gasteiger partial charge in [-0.25, -0.2) is 9.48 Å². The number of hydrogen-bond donors (Lipinski definition) is 1. The summed E-state index contributed by atoms with van der Waals surface area (Å²) in [5, 5.41) is 6.90. The van der Waals surface area contributed by atoms with Gasteiger partial charge < -0.3 is 10.1 Å². The summed E-state index contributed by atoms with van der Waals surface area (Å²) in [6, 6.07) is 5.99. The van der Waals surface area contributed by atoms with E-state index < -0.39 is 0 Å². The first-order valence-corrected chi connectivity index (χ1v) is 7.63. The highest BCUT2D eigenvalue weighted by Gasteiger charge is 2.22. The summed E-state index contributed by atoms with van der Waals surface area (Å²) in [6.45, 7) is 2.75. The number of ether oxygens (including phenoxy) is 1. The fourth-order valence-electron chi connectivity index (χ4n) is 2.76. The Morgan fingerprint density at radius 3 is 3.04 bits per heavy atom. The Morgan fingerprint density at radius 2 is 2.30 bits per heavy atom. The van der Waals surface area contributed by atoms with Gasteiger partial charge in [0.15, 0.2) is 0 Å². The molecule has 0 aliphatic carbocycles. The number of rotatable bonds is 4. The predicted octanol–water partition coefficient (Wildman–Crippen LogP) is 0.400. The topological polar surface area (TPSA) is 78.2 Å². The fourth-order valence-corrected chi connectivity index (χ4v) is 2.76. The third-order valence-corrected chi connectivity index (χ3v) is 3.99. The van der Waals surface area contributed by atoms with E-state index in [1.165, 1.54) is 15.6 Å². The second-order valence-corrected chi connectivity index (χ2v) is 5.84. The second kappa shape index (κ2) is 6.28. The van der Waals surface area contributed by atoms with Gasteiger partial charge in [-0.05, 0) is 24.5 Å². The third-order valence-electron chi connectivity index (χ3n) is 3.99. The van der Waals surface area contributed by atoms with E-state index in [1.54, 1.807) is 7.05 Å². The highest BCUT2D eigenvalue weighted by molar-refractivity contribution is 5.76. The summed E-state index contributed by atoms with van der Waals surface area (Å²) in [5.41, 5.74) is 2.01. The number of carbonyl (C=O) groups excluding carboxylic acids is 1. The number of nitrogens with one attached hydrogen (secondary N) is 1. The zero-order chi connectivity index (χ0) is 16.4. The molecule has 1 atom stereocenters. The highest BCUT2D eigenvalue weighted by atomic mass is 16.5. The van der Waals surface area contributed by atoms with Crippen molar-refractivity contribution in [1.29, 1.82) is 0 Å². The molecule has 0 fully saturated rings. The first-order valence-electron chi connectivity index (χ1n) is 7.63. The molecular weight excluding hydrogens is 296 g/mol. The van der Waals surface area contributed by atoms with Gasteiger partial charge in [0, 0.05) is 13.5 Å². The second-order valence-electron chi connectivity index (χ2n) is 5.84. The van der Waals surface area contributed by atoms with Crippen molar-refractivity contribution >= 4 is 5.91 Å². The predicted molar refractivity (Wildman–Crippen MR) is 84.4 cm³/mol. The number of amides is 1. The highest BCUT2D eigenvalue weighted by Crippen LogP contribution is 2.28. The first kappa shape index (κ1) is 15.3. The van der Waals surface area contributed by atoms with Crippen LogP contribution in [0, 0.1) is 6.92 Å². The van der Waals surface area contributed by atoms with Crippen LogP contribution >= 0.6 is 0 Å². The van der Waals surface area contributed by atoms with Crippen molar-refractivity contribution in [1.82, 2.24) is 19.7 Å².